The molecule has 0 bridgehead atoms. The summed E-state index contributed by atoms with van der Waals surface area (Å²) in [5.74, 6) is 1.17. The summed E-state index contributed by atoms with van der Waals surface area (Å²) in [6.07, 6.45) is 3.52. The van der Waals surface area contributed by atoms with Gasteiger partial charge in [0.05, 0.1) is 24.3 Å². The van der Waals surface area contributed by atoms with Crippen molar-refractivity contribution in [3.05, 3.63) is 77.0 Å². The third kappa shape index (κ3) is 5.18. The van der Waals surface area contributed by atoms with E-state index in [1.165, 1.54) is 23.1 Å². The molecule has 1 aromatic heterocycles. The molecule has 168 valence electrons. The number of aromatic nitrogens is 1. The highest BCUT2D eigenvalue weighted by atomic mass is 32.2. The molecule has 4 rings (SSSR count). The van der Waals surface area contributed by atoms with E-state index in [4.69, 9.17) is 9.47 Å². The van der Waals surface area contributed by atoms with Crippen LogP contribution in [-0.4, -0.2) is 41.2 Å². The number of rotatable bonds is 8. The second-order valence-electron chi connectivity index (χ2n) is 6.93. The lowest BCUT2D eigenvalue weighted by Crippen LogP contribution is -2.29. The van der Waals surface area contributed by atoms with E-state index >= 15 is 0 Å². The lowest BCUT2D eigenvalue weighted by Gasteiger charge is -2.12. The van der Waals surface area contributed by atoms with Gasteiger partial charge in [0.15, 0.2) is 16.7 Å². The number of thiazole rings is 1. The first-order valence-electron chi connectivity index (χ1n) is 10.4. The largest absolute Gasteiger partial charge is 0.493 e. The molecule has 33 heavy (non-hydrogen) atoms. The summed E-state index contributed by atoms with van der Waals surface area (Å²) in [7, 11) is 1.60. The Bertz CT molecular complexity index is 1220. The maximum atomic E-state index is 13.1. The molecule has 0 saturated carbocycles. The minimum absolute atomic E-state index is 0.119. The number of aliphatic imine (C=N–C) groups is 1. The van der Waals surface area contributed by atoms with Crippen LogP contribution in [0.25, 0.3) is 17.3 Å². The monoisotopic (exact) mass is 477 g/mol. The number of hydrogen-bond acceptors (Lipinski definition) is 7. The molecule has 0 spiro atoms. The van der Waals surface area contributed by atoms with E-state index < -0.39 is 0 Å². The van der Waals surface area contributed by atoms with Crippen LogP contribution in [0, 0.1) is 0 Å². The SMILES string of the molecule is C=CCN1C(=O)/C(=C/c2ccc(OCC)c(OC)c2)S/C1=N/c1nc(-c2ccccc2)cs1. The second kappa shape index (κ2) is 10.5. The molecule has 0 unspecified atom stereocenters. The number of ether oxygens (including phenoxy) is 2. The van der Waals surface area contributed by atoms with Crippen LogP contribution in [-0.2, 0) is 4.79 Å². The van der Waals surface area contributed by atoms with Gasteiger partial charge in [0.25, 0.3) is 5.91 Å². The van der Waals surface area contributed by atoms with E-state index in [1.807, 2.05) is 66.9 Å². The van der Waals surface area contributed by atoms with Gasteiger partial charge in [-0.1, -0.05) is 42.5 Å². The van der Waals surface area contributed by atoms with Crippen molar-refractivity contribution >= 4 is 45.4 Å². The molecule has 1 fully saturated rings. The summed E-state index contributed by atoms with van der Waals surface area (Å²) in [5.41, 5.74) is 2.73. The standard InChI is InChI=1S/C25H23N3O3S2/c1-4-13-28-23(29)22(15-17-11-12-20(31-5-2)21(14-17)30-3)33-25(28)27-24-26-19(16-32-24)18-9-7-6-8-10-18/h4,6-12,14-16H,1,5,13H2,2-3H3/b22-15-,27-25+. The lowest BCUT2D eigenvalue weighted by molar-refractivity contribution is -0.121. The zero-order valence-electron chi connectivity index (χ0n) is 18.4. The van der Waals surface area contributed by atoms with Gasteiger partial charge in [0.1, 0.15) is 0 Å². The zero-order chi connectivity index (χ0) is 23.2. The number of amidine groups is 1. The Morgan fingerprint density at radius 3 is 2.73 bits per heavy atom. The molecule has 0 N–H and O–H groups in total. The van der Waals surface area contributed by atoms with E-state index in [0.29, 0.717) is 39.9 Å². The quantitative estimate of drug-likeness (QED) is 0.294. The molecule has 1 aliphatic heterocycles. The van der Waals surface area contributed by atoms with E-state index in [-0.39, 0.29) is 5.91 Å². The van der Waals surface area contributed by atoms with Gasteiger partial charge in [0.2, 0.25) is 5.13 Å². The lowest BCUT2D eigenvalue weighted by atomic mass is 10.2. The fourth-order valence-electron chi connectivity index (χ4n) is 3.22. The minimum Gasteiger partial charge on any atom is -0.493 e. The van der Waals surface area contributed by atoms with Crippen LogP contribution < -0.4 is 9.47 Å². The van der Waals surface area contributed by atoms with E-state index in [1.54, 1.807) is 18.1 Å². The van der Waals surface area contributed by atoms with Gasteiger partial charge in [-0.15, -0.1) is 17.9 Å². The Balaban J connectivity index is 1.62. The first kappa shape index (κ1) is 22.8. The van der Waals surface area contributed by atoms with Crippen LogP contribution in [0.5, 0.6) is 11.5 Å². The number of nitrogens with zero attached hydrogens (tertiary/aromatic N) is 3. The predicted molar refractivity (Wildman–Crippen MR) is 136 cm³/mol. The van der Waals surface area contributed by atoms with Crippen LogP contribution in [0.2, 0.25) is 0 Å². The van der Waals surface area contributed by atoms with E-state index in [0.717, 1.165) is 16.8 Å². The molecule has 2 aromatic carbocycles. The van der Waals surface area contributed by atoms with E-state index in [2.05, 4.69) is 16.6 Å². The van der Waals surface area contributed by atoms with Gasteiger partial charge in [0, 0.05) is 17.5 Å². The molecule has 3 aromatic rings. The fourth-order valence-corrected chi connectivity index (χ4v) is 4.96. The minimum atomic E-state index is -0.119. The number of carbonyl (C=O) groups is 1. The molecule has 0 radical (unpaired) electrons. The molecule has 1 aliphatic rings. The van der Waals surface area contributed by atoms with E-state index in [9.17, 15) is 4.79 Å². The maximum Gasteiger partial charge on any atom is 0.267 e. The van der Waals surface area contributed by atoms with Crippen molar-refractivity contribution in [2.45, 2.75) is 6.92 Å². The van der Waals surface area contributed by atoms with Crippen LogP contribution >= 0.6 is 23.1 Å². The van der Waals surface area contributed by atoms with Crippen molar-refractivity contribution in [3.8, 4) is 22.8 Å². The highest BCUT2D eigenvalue weighted by Gasteiger charge is 2.33. The molecule has 6 nitrogen and oxygen atoms in total. The first-order chi connectivity index (χ1) is 16.1. The topological polar surface area (TPSA) is 64.0 Å². The van der Waals surface area contributed by atoms with Gasteiger partial charge in [-0.2, -0.15) is 4.99 Å². The zero-order valence-corrected chi connectivity index (χ0v) is 20.0. The van der Waals surface area contributed by atoms with Gasteiger partial charge in [-0.3, -0.25) is 9.69 Å². The van der Waals surface area contributed by atoms with Crippen LogP contribution in [0.3, 0.4) is 0 Å². The maximum absolute atomic E-state index is 13.1. The smallest absolute Gasteiger partial charge is 0.267 e. The van der Waals surface area contributed by atoms with Gasteiger partial charge in [-0.25, -0.2) is 4.98 Å². The van der Waals surface area contributed by atoms with Crippen molar-refractivity contribution in [1.82, 2.24) is 9.88 Å². The van der Waals surface area contributed by atoms with Crippen molar-refractivity contribution in [3.63, 3.8) is 0 Å². The van der Waals surface area contributed by atoms with Crippen molar-refractivity contribution in [2.24, 2.45) is 4.99 Å². The summed E-state index contributed by atoms with van der Waals surface area (Å²) in [4.78, 5) is 24.6. The Morgan fingerprint density at radius 2 is 2.00 bits per heavy atom. The Morgan fingerprint density at radius 1 is 1.18 bits per heavy atom. The summed E-state index contributed by atoms with van der Waals surface area (Å²) in [6.45, 7) is 6.61. The molecule has 0 atom stereocenters. The number of benzene rings is 2. The fraction of sp³-hybridized carbons (Fsp3) is 0.160. The molecule has 8 heteroatoms. The number of hydrogen-bond donors (Lipinski definition) is 0. The highest BCUT2D eigenvalue weighted by Crippen LogP contribution is 2.37. The molecule has 1 amide bonds. The van der Waals surface area contributed by atoms with Crippen LogP contribution in [0.1, 0.15) is 12.5 Å². The summed E-state index contributed by atoms with van der Waals surface area (Å²) in [6, 6.07) is 15.5. The Labute approximate surface area is 201 Å². The van der Waals surface area contributed by atoms with Gasteiger partial charge in [-0.05, 0) is 42.5 Å². The normalized spacial score (nSPS) is 15.9. The highest BCUT2D eigenvalue weighted by molar-refractivity contribution is 8.18. The van der Waals surface area contributed by atoms with Crippen molar-refractivity contribution < 1.29 is 14.3 Å². The Hall–Kier alpha value is -3.36. The first-order valence-corrected chi connectivity index (χ1v) is 12.0. The summed E-state index contributed by atoms with van der Waals surface area (Å²) >= 11 is 2.77. The third-order valence-electron chi connectivity index (χ3n) is 4.74. The third-order valence-corrected chi connectivity index (χ3v) is 6.48. The van der Waals surface area contributed by atoms with Gasteiger partial charge < -0.3 is 9.47 Å². The van der Waals surface area contributed by atoms with Crippen molar-refractivity contribution in [1.29, 1.82) is 0 Å². The number of carbonyl (C=O) groups excluding carboxylic acids is 1. The molecular formula is C25H23N3O3S2. The summed E-state index contributed by atoms with van der Waals surface area (Å²) < 4.78 is 11.0. The molecule has 0 aliphatic carbocycles. The second-order valence-corrected chi connectivity index (χ2v) is 8.78. The average Bonchev–Trinajstić information content (AvgIpc) is 3.41. The van der Waals surface area contributed by atoms with Crippen molar-refractivity contribution in [2.75, 3.05) is 20.3 Å². The number of methoxy groups -OCH3 is 1. The number of thioether (sulfide) groups is 1. The Kier molecular flexibility index (Phi) is 7.26. The van der Waals surface area contributed by atoms with Crippen LogP contribution in [0.4, 0.5) is 5.13 Å². The van der Waals surface area contributed by atoms with Crippen LogP contribution in [0.15, 0.2) is 76.5 Å². The molecule has 2 heterocycles. The summed E-state index contributed by atoms with van der Waals surface area (Å²) in [5, 5.41) is 3.15. The molecular weight excluding hydrogens is 454 g/mol. The number of amides is 1. The predicted octanol–water partition coefficient (Wildman–Crippen LogP) is 6.01. The van der Waals surface area contributed by atoms with Gasteiger partial charge >= 0.3 is 0 Å². The molecule has 1 saturated heterocycles. The average molecular weight is 478 g/mol.